The van der Waals surface area contributed by atoms with Crippen molar-refractivity contribution in [2.45, 2.75) is 71.5 Å². The molecule has 1 fully saturated rings. The van der Waals surface area contributed by atoms with Crippen molar-refractivity contribution in [1.82, 2.24) is 0 Å². The number of carbonyl (C=O) groups is 1. The summed E-state index contributed by atoms with van der Waals surface area (Å²) in [5, 5.41) is 0. The van der Waals surface area contributed by atoms with Crippen molar-refractivity contribution in [2.75, 3.05) is 6.61 Å². The van der Waals surface area contributed by atoms with Crippen molar-refractivity contribution in [3.8, 4) is 0 Å². The lowest BCUT2D eigenvalue weighted by atomic mass is 9.79. The second kappa shape index (κ2) is 6.39. The van der Waals surface area contributed by atoms with Crippen LogP contribution in [0, 0.1) is 5.92 Å². The van der Waals surface area contributed by atoms with Gasteiger partial charge >= 0.3 is 5.97 Å². The molecule has 1 rings (SSSR count). The molecule has 0 radical (unpaired) electrons. The van der Waals surface area contributed by atoms with Crippen LogP contribution in [0.4, 0.5) is 0 Å². The van der Waals surface area contributed by atoms with Crippen LogP contribution in [0.3, 0.4) is 0 Å². The molecule has 1 aliphatic rings. The molecule has 0 aliphatic heterocycles. The number of hydrogen-bond acceptors (Lipinski definition) is 3. The van der Waals surface area contributed by atoms with E-state index in [0.717, 1.165) is 0 Å². The highest BCUT2D eigenvalue weighted by Gasteiger charge is 2.31. The summed E-state index contributed by atoms with van der Waals surface area (Å²) in [4.78, 5) is 10.8. The zero-order valence-electron chi connectivity index (χ0n) is 11.6. The molecule has 3 nitrogen and oxygen atoms in total. The minimum absolute atomic E-state index is 0.102. The Balaban J connectivity index is 2.34. The maximum absolute atomic E-state index is 10.8. The van der Waals surface area contributed by atoms with Crippen molar-refractivity contribution >= 4 is 5.97 Å². The lowest BCUT2D eigenvalue weighted by molar-refractivity contribution is -0.154. The summed E-state index contributed by atoms with van der Waals surface area (Å²) >= 11 is 0. The third-order valence-electron chi connectivity index (χ3n) is 3.65. The number of carbonyl (C=O) groups excluding carboxylic acids is 1. The average Bonchev–Trinajstić information content (AvgIpc) is 2.27. The van der Waals surface area contributed by atoms with Crippen molar-refractivity contribution in [3.63, 3.8) is 0 Å². The maximum atomic E-state index is 10.8. The topological polar surface area (TPSA) is 35.5 Å². The summed E-state index contributed by atoms with van der Waals surface area (Å²) in [5.74, 6) is 0.400. The van der Waals surface area contributed by atoms with E-state index in [1.165, 1.54) is 39.0 Å². The first kappa shape index (κ1) is 14.5. The van der Waals surface area contributed by atoms with Crippen LogP contribution >= 0.6 is 0 Å². The summed E-state index contributed by atoms with van der Waals surface area (Å²) in [6, 6.07) is 0. The molecule has 1 saturated carbocycles. The molecule has 0 aromatic heterocycles. The van der Waals surface area contributed by atoms with E-state index in [2.05, 4.69) is 13.8 Å². The Hall–Kier alpha value is -0.570. The molecule has 1 aliphatic carbocycles. The van der Waals surface area contributed by atoms with Crippen LogP contribution in [0.1, 0.15) is 59.8 Å². The van der Waals surface area contributed by atoms with Crippen molar-refractivity contribution in [3.05, 3.63) is 0 Å². The van der Waals surface area contributed by atoms with Gasteiger partial charge in [-0.1, -0.05) is 19.3 Å². The van der Waals surface area contributed by atoms with Crippen LogP contribution in [0.25, 0.3) is 0 Å². The van der Waals surface area contributed by atoms with Crippen LogP contribution in [-0.4, -0.2) is 24.3 Å². The van der Waals surface area contributed by atoms with Crippen molar-refractivity contribution in [1.29, 1.82) is 0 Å². The van der Waals surface area contributed by atoms with E-state index in [4.69, 9.17) is 9.47 Å². The van der Waals surface area contributed by atoms with Gasteiger partial charge in [0.1, 0.15) is 6.10 Å². The van der Waals surface area contributed by atoms with Crippen LogP contribution in [-0.2, 0) is 14.3 Å². The van der Waals surface area contributed by atoms with E-state index in [-0.39, 0.29) is 17.7 Å². The van der Waals surface area contributed by atoms with Gasteiger partial charge in [-0.15, -0.1) is 0 Å². The van der Waals surface area contributed by atoms with Gasteiger partial charge in [0.05, 0.1) is 12.2 Å². The fourth-order valence-electron chi connectivity index (χ4n) is 2.57. The second-order valence-electron chi connectivity index (χ2n) is 5.67. The van der Waals surface area contributed by atoms with Crippen LogP contribution < -0.4 is 0 Å². The van der Waals surface area contributed by atoms with Crippen molar-refractivity contribution in [2.24, 2.45) is 5.92 Å². The number of esters is 1. The van der Waals surface area contributed by atoms with Gasteiger partial charge in [0, 0.05) is 6.92 Å². The Kier molecular flexibility index (Phi) is 5.44. The van der Waals surface area contributed by atoms with Gasteiger partial charge in [0.2, 0.25) is 0 Å². The highest BCUT2D eigenvalue weighted by molar-refractivity contribution is 5.66. The standard InChI is InChI=1S/C14H26O3/c1-11(17-12(2)15)10-16-14(3,4)13-8-6-5-7-9-13/h11,13H,5-10H2,1-4H3. The predicted octanol–water partition coefficient (Wildman–Crippen LogP) is 3.31. The molecule has 0 amide bonds. The van der Waals surface area contributed by atoms with Crippen LogP contribution in [0.2, 0.25) is 0 Å². The molecule has 0 saturated heterocycles. The van der Waals surface area contributed by atoms with Crippen LogP contribution in [0.15, 0.2) is 0 Å². The molecule has 0 aromatic carbocycles. The zero-order chi connectivity index (χ0) is 12.9. The molecule has 0 spiro atoms. The molecular formula is C14H26O3. The molecule has 1 unspecified atom stereocenters. The Morgan fingerprint density at radius 3 is 2.41 bits per heavy atom. The van der Waals surface area contributed by atoms with Gasteiger partial charge < -0.3 is 9.47 Å². The fraction of sp³-hybridized carbons (Fsp3) is 0.929. The largest absolute Gasteiger partial charge is 0.460 e. The number of hydrogen-bond donors (Lipinski definition) is 0. The van der Waals surface area contributed by atoms with Crippen molar-refractivity contribution < 1.29 is 14.3 Å². The molecule has 17 heavy (non-hydrogen) atoms. The smallest absolute Gasteiger partial charge is 0.302 e. The molecular weight excluding hydrogens is 216 g/mol. The highest BCUT2D eigenvalue weighted by Crippen LogP contribution is 2.34. The Morgan fingerprint density at radius 1 is 1.29 bits per heavy atom. The molecule has 0 heterocycles. The SMILES string of the molecule is CC(=O)OC(C)COC(C)(C)C1CCCCC1. The minimum Gasteiger partial charge on any atom is -0.460 e. The summed E-state index contributed by atoms with van der Waals surface area (Å²) in [6.45, 7) is 8.11. The quantitative estimate of drug-likeness (QED) is 0.694. The van der Waals surface area contributed by atoms with E-state index in [1.54, 1.807) is 0 Å². The third kappa shape index (κ3) is 5.07. The fourth-order valence-corrected chi connectivity index (χ4v) is 2.57. The van der Waals surface area contributed by atoms with Crippen LogP contribution in [0.5, 0.6) is 0 Å². The van der Waals surface area contributed by atoms with Gasteiger partial charge in [-0.25, -0.2) is 0 Å². The first-order chi connectivity index (χ1) is 7.92. The second-order valence-corrected chi connectivity index (χ2v) is 5.67. The van der Waals surface area contributed by atoms with E-state index in [9.17, 15) is 4.79 Å². The lowest BCUT2D eigenvalue weighted by Crippen LogP contribution is -2.38. The predicted molar refractivity (Wildman–Crippen MR) is 67.8 cm³/mol. The van der Waals surface area contributed by atoms with Gasteiger partial charge in [-0.2, -0.15) is 0 Å². The van der Waals surface area contributed by atoms with Gasteiger partial charge in [-0.3, -0.25) is 4.79 Å². The summed E-state index contributed by atoms with van der Waals surface area (Å²) < 4.78 is 11.0. The third-order valence-corrected chi connectivity index (χ3v) is 3.65. The Labute approximate surface area is 105 Å². The minimum atomic E-state index is -0.239. The summed E-state index contributed by atoms with van der Waals surface area (Å²) in [5.41, 5.74) is -0.102. The van der Waals surface area contributed by atoms with E-state index in [0.29, 0.717) is 12.5 Å². The molecule has 100 valence electrons. The van der Waals surface area contributed by atoms with E-state index < -0.39 is 0 Å². The first-order valence-electron chi connectivity index (χ1n) is 6.73. The molecule has 3 heteroatoms. The van der Waals surface area contributed by atoms with Gasteiger partial charge in [-0.05, 0) is 39.5 Å². The summed E-state index contributed by atoms with van der Waals surface area (Å²) in [7, 11) is 0. The number of ether oxygens (including phenoxy) is 2. The monoisotopic (exact) mass is 242 g/mol. The lowest BCUT2D eigenvalue weighted by Gasteiger charge is -2.37. The highest BCUT2D eigenvalue weighted by atomic mass is 16.6. The van der Waals surface area contributed by atoms with E-state index in [1.807, 2.05) is 6.92 Å². The molecule has 0 bridgehead atoms. The average molecular weight is 242 g/mol. The Bertz CT molecular complexity index is 242. The van der Waals surface area contributed by atoms with Gasteiger partial charge in [0.25, 0.3) is 0 Å². The van der Waals surface area contributed by atoms with E-state index >= 15 is 0 Å². The summed E-state index contributed by atoms with van der Waals surface area (Å²) in [6.07, 6.45) is 6.35. The molecule has 1 atom stereocenters. The maximum Gasteiger partial charge on any atom is 0.302 e. The first-order valence-corrected chi connectivity index (χ1v) is 6.73. The Morgan fingerprint density at radius 2 is 1.88 bits per heavy atom. The van der Waals surface area contributed by atoms with Gasteiger partial charge in [0.15, 0.2) is 0 Å². The normalized spacial score (nSPS) is 20.0. The zero-order valence-corrected chi connectivity index (χ0v) is 11.6. The molecule has 0 aromatic rings. The number of rotatable bonds is 5. The molecule has 0 N–H and O–H groups in total.